The SMILES string of the molecule is C1=CCC/C=C(/CCSCCOCCOCCSCCc2ccccn2)C=C1. The molecule has 154 valence electrons. The molecule has 0 bridgehead atoms. The average Bonchev–Trinajstić information content (AvgIpc) is 2.70. The zero-order valence-electron chi connectivity index (χ0n) is 16.8. The topological polar surface area (TPSA) is 31.4 Å². The van der Waals surface area contributed by atoms with E-state index in [2.05, 4.69) is 41.4 Å². The number of nitrogens with zero attached hydrogens (tertiary/aromatic N) is 1. The van der Waals surface area contributed by atoms with Gasteiger partial charge in [-0.05, 0) is 49.3 Å². The van der Waals surface area contributed by atoms with Gasteiger partial charge in [-0.1, -0.05) is 42.0 Å². The van der Waals surface area contributed by atoms with Crippen LogP contribution in [0.1, 0.15) is 25.0 Å². The molecule has 0 aliphatic heterocycles. The maximum Gasteiger partial charge on any atom is 0.0700 e. The fourth-order valence-electron chi connectivity index (χ4n) is 2.65. The number of aryl methyl sites for hydroxylation is 1. The summed E-state index contributed by atoms with van der Waals surface area (Å²) in [5, 5.41) is 0. The highest BCUT2D eigenvalue weighted by atomic mass is 32.2. The van der Waals surface area contributed by atoms with E-state index in [1.165, 1.54) is 5.57 Å². The van der Waals surface area contributed by atoms with Crippen LogP contribution in [0.3, 0.4) is 0 Å². The van der Waals surface area contributed by atoms with E-state index in [1.54, 1.807) is 0 Å². The molecule has 28 heavy (non-hydrogen) atoms. The number of hydrogen-bond acceptors (Lipinski definition) is 5. The average molecular weight is 420 g/mol. The molecule has 0 amide bonds. The summed E-state index contributed by atoms with van der Waals surface area (Å²) in [5.74, 6) is 4.34. The molecule has 0 fully saturated rings. The number of rotatable bonds is 15. The lowest BCUT2D eigenvalue weighted by molar-refractivity contribution is 0.0605. The summed E-state index contributed by atoms with van der Waals surface area (Å²) in [6.45, 7) is 2.99. The number of ether oxygens (including phenoxy) is 2. The lowest BCUT2D eigenvalue weighted by Crippen LogP contribution is -2.08. The number of pyridine rings is 1. The summed E-state index contributed by atoms with van der Waals surface area (Å²) in [6.07, 6.45) is 17.5. The number of aromatic nitrogens is 1. The van der Waals surface area contributed by atoms with E-state index in [1.807, 2.05) is 41.9 Å². The molecule has 0 spiro atoms. The smallest absolute Gasteiger partial charge is 0.0700 e. The third kappa shape index (κ3) is 12.4. The van der Waals surface area contributed by atoms with Gasteiger partial charge >= 0.3 is 0 Å². The molecule has 1 aliphatic carbocycles. The maximum absolute atomic E-state index is 5.65. The number of allylic oxidation sites excluding steroid dienone is 6. The van der Waals surface area contributed by atoms with Gasteiger partial charge in [-0.15, -0.1) is 0 Å². The maximum atomic E-state index is 5.65. The van der Waals surface area contributed by atoms with Crippen molar-refractivity contribution in [2.75, 3.05) is 49.4 Å². The van der Waals surface area contributed by atoms with Gasteiger partial charge in [0.2, 0.25) is 0 Å². The highest BCUT2D eigenvalue weighted by Gasteiger charge is 1.97. The van der Waals surface area contributed by atoms with E-state index in [9.17, 15) is 0 Å². The van der Waals surface area contributed by atoms with Crippen LogP contribution in [0.5, 0.6) is 0 Å². The molecule has 2 rings (SSSR count). The molecular formula is C23H33NO2S2. The first kappa shape index (κ1) is 23.3. The lowest BCUT2D eigenvalue weighted by atomic mass is 10.1. The van der Waals surface area contributed by atoms with Crippen molar-refractivity contribution in [2.24, 2.45) is 0 Å². The summed E-state index contributed by atoms with van der Waals surface area (Å²) >= 11 is 3.88. The molecule has 0 unspecified atom stereocenters. The summed E-state index contributed by atoms with van der Waals surface area (Å²) in [4.78, 5) is 4.33. The predicted molar refractivity (Wildman–Crippen MR) is 124 cm³/mol. The Balaban J connectivity index is 1.30. The molecule has 0 N–H and O–H groups in total. The number of thioether (sulfide) groups is 2. The Hall–Kier alpha value is -1.01. The Morgan fingerprint density at radius 2 is 1.61 bits per heavy atom. The summed E-state index contributed by atoms with van der Waals surface area (Å²) in [6, 6.07) is 6.08. The van der Waals surface area contributed by atoms with E-state index < -0.39 is 0 Å². The van der Waals surface area contributed by atoms with Gasteiger partial charge in [-0.3, -0.25) is 4.98 Å². The Morgan fingerprint density at radius 3 is 2.36 bits per heavy atom. The summed E-state index contributed by atoms with van der Waals surface area (Å²) < 4.78 is 11.3. The van der Waals surface area contributed by atoms with Crippen LogP contribution in [0.4, 0.5) is 0 Å². The van der Waals surface area contributed by atoms with Crippen LogP contribution < -0.4 is 0 Å². The van der Waals surface area contributed by atoms with Crippen molar-refractivity contribution in [3.8, 4) is 0 Å². The lowest BCUT2D eigenvalue weighted by Gasteiger charge is -2.07. The highest BCUT2D eigenvalue weighted by Crippen LogP contribution is 2.14. The van der Waals surface area contributed by atoms with Gasteiger partial charge < -0.3 is 9.47 Å². The van der Waals surface area contributed by atoms with Crippen LogP contribution in [-0.4, -0.2) is 54.4 Å². The largest absolute Gasteiger partial charge is 0.378 e. The van der Waals surface area contributed by atoms with Crippen LogP contribution >= 0.6 is 23.5 Å². The summed E-state index contributed by atoms with van der Waals surface area (Å²) in [5.41, 5.74) is 2.63. The standard InChI is InChI=1S/C23H33NO2S2/c1-2-4-8-22(9-5-3-1)11-18-27-20-16-25-14-15-26-17-21-28-19-12-23-10-6-7-13-24-23/h1-2,4,6-10,13H,3,5,11-12,14-21H2/b2-1?,8-4?,22-9+. The van der Waals surface area contributed by atoms with Gasteiger partial charge in [0.25, 0.3) is 0 Å². The Labute approximate surface area is 179 Å². The van der Waals surface area contributed by atoms with Gasteiger partial charge in [0.05, 0.1) is 26.4 Å². The minimum Gasteiger partial charge on any atom is -0.378 e. The molecule has 1 heterocycles. The highest BCUT2D eigenvalue weighted by molar-refractivity contribution is 7.99. The van der Waals surface area contributed by atoms with Gasteiger partial charge in [0, 0.05) is 23.4 Å². The van der Waals surface area contributed by atoms with E-state index >= 15 is 0 Å². The van der Waals surface area contributed by atoms with Crippen LogP contribution in [0.2, 0.25) is 0 Å². The quantitative estimate of drug-likeness (QED) is 0.358. The van der Waals surface area contributed by atoms with Crippen molar-refractivity contribution in [3.05, 3.63) is 66.0 Å². The monoisotopic (exact) mass is 419 g/mol. The zero-order chi connectivity index (χ0) is 19.5. The van der Waals surface area contributed by atoms with E-state index in [0.29, 0.717) is 13.2 Å². The molecular weight excluding hydrogens is 386 g/mol. The van der Waals surface area contributed by atoms with Gasteiger partial charge in [-0.2, -0.15) is 23.5 Å². The van der Waals surface area contributed by atoms with Crippen molar-refractivity contribution < 1.29 is 9.47 Å². The molecule has 1 aromatic rings. The minimum absolute atomic E-state index is 0.691. The van der Waals surface area contributed by atoms with Gasteiger partial charge in [0.1, 0.15) is 0 Å². The fourth-order valence-corrected chi connectivity index (χ4v) is 4.26. The summed E-state index contributed by atoms with van der Waals surface area (Å²) in [7, 11) is 0. The second-order valence-electron chi connectivity index (χ2n) is 6.41. The van der Waals surface area contributed by atoms with E-state index in [4.69, 9.17) is 9.47 Å². The van der Waals surface area contributed by atoms with Gasteiger partial charge in [0.15, 0.2) is 0 Å². The number of hydrogen-bond donors (Lipinski definition) is 0. The first-order valence-corrected chi connectivity index (χ1v) is 12.5. The Morgan fingerprint density at radius 1 is 0.821 bits per heavy atom. The van der Waals surface area contributed by atoms with Crippen LogP contribution in [-0.2, 0) is 15.9 Å². The predicted octanol–water partition coefficient (Wildman–Crippen LogP) is 5.35. The third-order valence-corrected chi connectivity index (χ3v) is 6.07. The normalized spacial score (nSPS) is 15.8. The van der Waals surface area contributed by atoms with Crippen molar-refractivity contribution in [1.82, 2.24) is 4.98 Å². The molecule has 0 saturated carbocycles. The van der Waals surface area contributed by atoms with Crippen LogP contribution in [0.25, 0.3) is 0 Å². The minimum atomic E-state index is 0.691. The Bertz CT molecular complexity index is 588. The first-order valence-electron chi connectivity index (χ1n) is 10.2. The molecule has 1 aliphatic rings. The molecule has 5 heteroatoms. The second-order valence-corrected chi connectivity index (χ2v) is 8.86. The molecule has 0 aromatic carbocycles. The Kier molecular flexibility index (Phi) is 14.0. The zero-order valence-corrected chi connectivity index (χ0v) is 18.4. The van der Waals surface area contributed by atoms with Crippen LogP contribution in [0.15, 0.2) is 60.3 Å². The van der Waals surface area contributed by atoms with Gasteiger partial charge in [-0.25, -0.2) is 0 Å². The molecule has 1 aromatic heterocycles. The van der Waals surface area contributed by atoms with Crippen molar-refractivity contribution >= 4 is 23.5 Å². The first-order chi connectivity index (χ1) is 13.9. The van der Waals surface area contributed by atoms with E-state index in [-0.39, 0.29) is 0 Å². The molecule has 0 radical (unpaired) electrons. The fraction of sp³-hybridized carbons (Fsp3) is 0.522. The molecule has 0 atom stereocenters. The van der Waals surface area contributed by atoms with Crippen LogP contribution in [0, 0.1) is 0 Å². The third-order valence-electron chi connectivity index (χ3n) is 4.18. The second kappa shape index (κ2) is 16.9. The van der Waals surface area contributed by atoms with Crippen molar-refractivity contribution in [1.29, 1.82) is 0 Å². The van der Waals surface area contributed by atoms with Crippen molar-refractivity contribution in [3.63, 3.8) is 0 Å². The molecule has 3 nitrogen and oxygen atoms in total. The van der Waals surface area contributed by atoms with E-state index in [0.717, 1.165) is 67.6 Å². The molecule has 0 saturated heterocycles. The van der Waals surface area contributed by atoms with Crippen molar-refractivity contribution in [2.45, 2.75) is 25.7 Å².